The lowest BCUT2D eigenvalue weighted by molar-refractivity contribution is 0.0647. The van der Waals surface area contributed by atoms with Crippen LogP contribution in [0.2, 0.25) is 0 Å². The topological polar surface area (TPSA) is 70.3 Å². The molecule has 27 heavy (non-hydrogen) atoms. The Bertz CT molecular complexity index is 1020. The van der Waals surface area contributed by atoms with E-state index in [0.717, 1.165) is 16.7 Å². The molecule has 0 spiro atoms. The molecule has 1 N–H and O–H groups in total. The lowest BCUT2D eigenvalue weighted by Crippen LogP contribution is -2.23. The Morgan fingerprint density at radius 3 is 2.74 bits per heavy atom. The number of aromatic nitrogens is 3. The minimum absolute atomic E-state index is 0.215. The Hall–Kier alpha value is -3.32. The Kier molecular flexibility index (Phi) is 5.42. The van der Waals surface area contributed by atoms with Crippen molar-refractivity contribution in [1.29, 1.82) is 0 Å². The van der Waals surface area contributed by atoms with Crippen molar-refractivity contribution in [3.8, 4) is 11.7 Å². The van der Waals surface area contributed by atoms with Gasteiger partial charge in [0, 0.05) is 12.6 Å². The van der Waals surface area contributed by atoms with E-state index < -0.39 is 0 Å². The first-order chi connectivity index (χ1) is 13.0. The van der Waals surface area contributed by atoms with Crippen molar-refractivity contribution in [2.75, 3.05) is 7.11 Å². The monoisotopic (exact) mass is 366 g/mol. The number of hydrogen-bond donors (Lipinski definition) is 1. The molecular weight excluding hydrogens is 344 g/mol. The third kappa shape index (κ3) is 3.93. The van der Waals surface area contributed by atoms with Crippen molar-refractivity contribution in [1.82, 2.24) is 19.8 Å². The Morgan fingerprint density at radius 1 is 1.22 bits per heavy atom. The van der Waals surface area contributed by atoms with Crippen LogP contribution < -0.4 is 15.9 Å². The predicted molar refractivity (Wildman–Crippen MR) is 103 cm³/mol. The van der Waals surface area contributed by atoms with E-state index in [-0.39, 0.29) is 18.3 Å². The number of ether oxygens (including phenoxy) is 1. The lowest BCUT2D eigenvalue weighted by Gasteiger charge is -2.13. The highest BCUT2D eigenvalue weighted by atomic mass is 16.6. The van der Waals surface area contributed by atoms with Gasteiger partial charge in [-0.2, -0.15) is 0 Å². The second kappa shape index (κ2) is 7.92. The van der Waals surface area contributed by atoms with E-state index in [0.29, 0.717) is 11.4 Å². The lowest BCUT2D eigenvalue weighted by atomic mass is 10.1. The van der Waals surface area contributed by atoms with E-state index in [2.05, 4.69) is 17.2 Å². The van der Waals surface area contributed by atoms with E-state index in [1.54, 1.807) is 7.05 Å². The second-order valence-electron chi connectivity index (χ2n) is 6.10. The third-order valence-corrected chi connectivity index (χ3v) is 4.10. The van der Waals surface area contributed by atoms with Gasteiger partial charge < -0.3 is 4.74 Å². The minimum Gasteiger partial charge on any atom is -0.467 e. The highest BCUT2D eigenvalue weighted by Gasteiger charge is 2.16. The molecule has 0 aliphatic rings. The molecule has 0 radical (unpaired) electrons. The molecule has 2 aromatic carbocycles. The van der Waals surface area contributed by atoms with Gasteiger partial charge in [-0.15, -0.1) is 5.10 Å². The summed E-state index contributed by atoms with van der Waals surface area (Å²) in [5.41, 5.74) is 6.78. The normalized spacial score (nSPS) is 10.6. The zero-order chi connectivity index (χ0) is 19.4. The quantitative estimate of drug-likeness (QED) is 0.651. The molecule has 0 saturated carbocycles. The van der Waals surface area contributed by atoms with Crippen LogP contribution in [0, 0.1) is 6.92 Å². The predicted octanol–water partition coefficient (Wildman–Crippen LogP) is 2.58. The summed E-state index contributed by atoms with van der Waals surface area (Å²) in [4.78, 5) is 18.0. The first-order valence-corrected chi connectivity index (χ1v) is 8.43. The number of hydroxylamine groups is 1. The third-order valence-electron chi connectivity index (χ3n) is 4.10. The van der Waals surface area contributed by atoms with Crippen LogP contribution in [0.3, 0.4) is 0 Å². The Labute approximate surface area is 157 Å². The number of nitrogens with one attached hydrogen (secondary N) is 1. The number of rotatable bonds is 7. The van der Waals surface area contributed by atoms with Crippen LogP contribution in [0.4, 0.5) is 0 Å². The number of nitrogens with zero attached hydrogens (tertiary/aromatic N) is 3. The fourth-order valence-electron chi connectivity index (χ4n) is 2.72. The Balaban J connectivity index is 1.78. The second-order valence-corrected chi connectivity index (χ2v) is 6.10. The van der Waals surface area contributed by atoms with Crippen LogP contribution >= 0.6 is 0 Å². The molecule has 0 fully saturated rings. The van der Waals surface area contributed by atoms with Gasteiger partial charge in [0.2, 0.25) is 0 Å². The van der Waals surface area contributed by atoms with Gasteiger partial charge in [0.1, 0.15) is 6.61 Å². The molecule has 0 aliphatic heterocycles. The van der Waals surface area contributed by atoms with Crippen LogP contribution in [0.15, 0.2) is 59.9 Å². The highest BCUT2D eigenvalue weighted by molar-refractivity contribution is 5.61. The van der Waals surface area contributed by atoms with Gasteiger partial charge in [0.05, 0.1) is 18.5 Å². The van der Waals surface area contributed by atoms with Gasteiger partial charge in [0.15, 0.2) is 0 Å². The Morgan fingerprint density at radius 2 is 2.00 bits per heavy atom. The molecule has 1 aromatic heterocycles. The van der Waals surface area contributed by atoms with Crippen LogP contribution in [-0.4, -0.2) is 21.5 Å². The molecule has 1 heterocycles. The van der Waals surface area contributed by atoms with Gasteiger partial charge in [-0.25, -0.2) is 14.0 Å². The molecule has 140 valence electrons. The van der Waals surface area contributed by atoms with Crippen molar-refractivity contribution in [3.63, 3.8) is 0 Å². The average molecular weight is 366 g/mol. The highest BCUT2D eigenvalue weighted by Crippen LogP contribution is 2.19. The van der Waals surface area contributed by atoms with E-state index in [9.17, 15) is 4.79 Å². The van der Waals surface area contributed by atoms with Crippen LogP contribution in [0.5, 0.6) is 6.01 Å². The first kappa shape index (κ1) is 18.5. The number of para-hydroxylation sites is 1. The molecule has 0 unspecified atom stereocenters. The van der Waals surface area contributed by atoms with Gasteiger partial charge in [-0.3, -0.25) is 10.3 Å². The molecule has 0 amide bonds. The summed E-state index contributed by atoms with van der Waals surface area (Å²) in [5.74, 6) is 0. The summed E-state index contributed by atoms with van der Waals surface area (Å²) in [6, 6.07) is 15.6. The molecule has 7 nitrogen and oxygen atoms in total. The molecule has 3 rings (SSSR count). The summed E-state index contributed by atoms with van der Waals surface area (Å²) < 4.78 is 7.87. The van der Waals surface area contributed by atoms with Crippen molar-refractivity contribution in [2.24, 2.45) is 7.05 Å². The van der Waals surface area contributed by atoms with Crippen molar-refractivity contribution >= 4 is 5.70 Å². The van der Waals surface area contributed by atoms with Gasteiger partial charge in [-0.05, 0) is 24.6 Å². The van der Waals surface area contributed by atoms with Crippen molar-refractivity contribution < 1.29 is 9.57 Å². The molecule has 7 heteroatoms. The van der Waals surface area contributed by atoms with E-state index in [1.807, 2.05) is 55.5 Å². The summed E-state index contributed by atoms with van der Waals surface area (Å²) >= 11 is 0. The van der Waals surface area contributed by atoms with Crippen molar-refractivity contribution in [2.45, 2.75) is 13.5 Å². The summed E-state index contributed by atoms with van der Waals surface area (Å²) in [6.07, 6.45) is 0. The molecule has 0 saturated heterocycles. The smallest absolute Gasteiger partial charge is 0.353 e. The number of benzene rings is 2. The maximum absolute atomic E-state index is 12.4. The SMILES string of the molecule is C=C(NOCc1ccccc1-n1c(OC)nn(C)c1=O)c1cccc(C)c1. The number of methoxy groups -OCH3 is 1. The zero-order valence-corrected chi connectivity index (χ0v) is 15.6. The molecule has 0 aliphatic carbocycles. The minimum atomic E-state index is -0.295. The molecule has 0 bridgehead atoms. The largest absolute Gasteiger partial charge is 0.467 e. The fraction of sp³-hybridized carbons (Fsp3) is 0.200. The average Bonchev–Trinajstić information content (AvgIpc) is 2.96. The maximum Gasteiger partial charge on any atom is 0.353 e. The summed E-state index contributed by atoms with van der Waals surface area (Å²) in [6.45, 7) is 6.25. The van der Waals surface area contributed by atoms with Gasteiger partial charge in [0.25, 0.3) is 0 Å². The molecular formula is C20H22N4O3. The number of hydrogen-bond acceptors (Lipinski definition) is 5. The maximum atomic E-state index is 12.4. The van der Waals surface area contributed by atoms with Crippen LogP contribution in [0.1, 0.15) is 16.7 Å². The number of aryl methyl sites for hydroxylation is 2. The van der Waals surface area contributed by atoms with E-state index in [1.165, 1.54) is 16.4 Å². The summed E-state index contributed by atoms with van der Waals surface area (Å²) in [5, 5.41) is 4.08. The van der Waals surface area contributed by atoms with Gasteiger partial charge in [-0.1, -0.05) is 48.5 Å². The van der Waals surface area contributed by atoms with E-state index in [4.69, 9.17) is 9.57 Å². The van der Waals surface area contributed by atoms with E-state index >= 15 is 0 Å². The van der Waals surface area contributed by atoms with Gasteiger partial charge >= 0.3 is 11.7 Å². The zero-order valence-electron chi connectivity index (χ0n) is 15.6. The van der Waals surface area contributed by atoms with Crippen LogP contribution in [0.25, 0.3) is 11.4 Å². The fourth-order valence-corrected chi connectivity index (χ4v) is 2.72. The van der Waals surface area contributed by atoms with Crippen molar-refractivity contribution in [3.05, 3.63) is 82.3 Å². The molecule has 3 aromatic rings. The molecule has 0 atom stereocenters. The first-order valence-electron chi connectivity index (χ1n) is 8.43. The van der Waals surface area contributed by atoms with Crippen LogP contribution in [-0.2, 0) is 18.5 Å². The standard InChI is InChI=1S/C20H22N4O3/c1-14-8-7-10-16(12-14)15(2)22-27-13-17-9-5-6-11-18(17)24-19(26-4)21-23(3)20(24)25/h5-12,22H,2,13H2,1,3-4H3. The summed E-state index contributed by atoms with van der Waals surface area (Å²) in [7, 11) is 3.05.